The van der Waals surface area contributed by atoms with Crippen LogP contribution in [0.15, 0.2) is 41.3 Å². The molecule has 1 saturated heterocycles. The molecule has 0 aromatic heterocycles. The van der Waals surface area contributed by atoms with Crippen molar-refractivity contribution in [1.82, 2.24) is 4.31 Å². The highest BCUT2D eigenvalue weighted by Gasteiger charge is 2.31. The molecule has 6 nitrogen and oxygen atoms in total. The fourth-order valence-electron chi connectivity index (χ4n) is 3.27. The van der Waals surface area contributed by atoms with Crippen LogP contribution >= 0.6 is 23.2 Å². The molecule has 1 amide bonds. The maximum atomic E-state index is 12.9. The molecule has 3 rings (SSSR count). The molecule has 156 valence electrons. The largest absolute Gasteiger partial charge is 0.325 e. The van der Waals surface area contributed by atoms with E-state index in [-0.39, 0.29) is 12.5 Å². The molecule has 2 aromatic rings. The Bertz CT molecular complexity index is 999. The summed E-state index contributed by atoms with van der Waals surface area (Å²) >= 11 is 12.2. The van der Waals surface area contributed by atoms with Gasteiger partial charge in [0.05, 0.1) is 46.8 Å². The Morgan fingerprint density at radius 3 is 2.28 bits per heavy atom. The number of aryl methyl sites for hydroxylation is 2. The third-order valence-electron chi connectivity index (χ3n) is 5.18. The SMILES string of the molecule is Cc1ccc(S(=O)(=O)N2CC[NH+](CC(=O)Nc3c(Cl)cccc3Cl)CC2)cc1C. The second-order valence-electron chi connectivity index (χ2n) is 7.22. The number of quaternary nitrogens is 1. The Balaban J connectivity index is 1.59. The van der Waals surface area contributed by atoms with E-state index in [1.807, 2.05) is 19.9 Å². The van der Waals surface area contributed by atoms with E-state index in [1.54, 1.807) is 30.3 Å². The summed E-state index contributed by atoms with van der Waals surface area (Å²) in [6.45, 7) is 5.91. The lowest BCUT2D eigenvalue weighted by Gasteiger charge is -2.31. The zero-order valence-corrected chi connectivity index (χ0v) is 18.7. The van der Waals surface area contributed by atoms with Crippen molar-refractivity contribution < 1.29 is 18.1 Å². The molecular formula is C20H24Cl2N3O3S+. The minimum Gasteiger partial charge on any atom is -0.325 e. The minimum atomic E-state index is -3.53. The van der Waals surface area contributed by atoms with Crippen LogP contribution in [0.2, 0.25) is 10.0 Å². The summed E-state index contributed by atoms with van der Waals surface area (Å²) in [6, 6.07) is 10.2. The molecule has 0 unspecified atom stereocenters. The number of anilines is 1. The monoisotopic (exact) mass is 456 g/mol. The summed E-state index contributed by atoms with van der Waals surface area (Å²) in [6.07, 6.45) is 0. The van der Waals surface area contributed by atoms with Crippen LogP contribution in [0.4, 0.5) is 5.69 Å². The summed E-state index contributed by atoms with van der Waals surface area (Å²) in [5.74, 6) is -0.208. The fourth-order valence-corrected chi connectivity index (χ4v) is 5.29. The van der Waals surface area contributed by atoms with Gasteiger partial charge >= 0.3 is 0 Å². The molecule has 0 radical (unpaired) electrons. The van der Waals surface area contributed by atoms with Gasteiger partial charge in [0.2, 0.25) is 10.0 Å². The van der Waals surface area contributed by atoms with Crippen LogP contribution in [-0.2, 0) is 14.8 Å². The first kappa shape index (κ1) is 22.1. The topological polar surface area (TPSA) is 70.9 Å². The number of sulfonamides is 1. The van der Waals surface area contributed by atoms with E-state index >= 15 is 0 Å². The van der Waals surface area contributed by atoms with Crippen molar-refractivity contribution >= 4 is 44.8 Å². The zero-order valence-electron chi connectivity index (χ0n) is 16.3. The van der Waals surface area contributed by atoms with Gasteiger partial charge in [-0.1, -0.05) is 35.3 Å². The van der Waals surface area contributed by atoms with E-state index in [9.17, 15) is 13.2 Å². The maximum absolute atomic E-state index is 12.9. The molecule has 0 bridgehead atoms. The number of para-hydroxylation sites is 1. The number of hydrogen-bond acceptors (Lipinski definition) is 3. The average Bonchev–Trinajstić information content (AvgIpc) is 2.67. The predicted octanol–water partition coefficient (Wildman–Crippen LogP) is 2.14. The first-order valence-electron chi connectivity index (χ1n) is 9.33. The van der Waals surface area contributed by atoms with E-state index in [4.69, 9.17) is 23.2 Å². The lowest BCUT2D eigenvalue weighted by atomic mass is 10.1. The van der Waals surface area contributed by atoms with Gasteiger partial charge in [-0.3, -0.25) is 4.79 Å². The van der Waals surface area contributed by atoms with Gasteiger partial charge in [-0.2, -0.15) is 4.31 Å². The number of carbonyl (C=O) groups excluding carboxylic acids is 1. The molecule has 9 heteroatoms. The smallest absolute Gasteiger partial charge is 0.279 e. The van der Waals surface area contributed by atoms with E-state index in [2.05, 4.69) is 5.32 Å². The Hall–Kier alpha value is -1.64. The number of nitrogens with one attached hydrogen (secondary N) is 2. The number of rotatable bonds is 5. The molecule has 2 N–H and O–H groups in total. The van der Waals surface area contributed by atoms with Crippen molar-refractivity contribution in [3.63, 3.8) is 0 Å². The Labute approximate surface area is 181 Å². The van der Waals surface area contributed by atoms with Crippen molar-refractivity contribution in [2.24, 2.45) is 0 Å². The summed E-state index contributed by atoms with van der Waals surface area (Å²) in [4.78, 5) is 13.7. The minimum absolute atomic E-state index is 0.208. The van der Waals surface area contributed by atoms with Crippen LogP contribution in [0.1, 0.15) is 11.1 Å². The van der Waals surface area contributed by atoms with Crippen LogP contribution in [-0.4, -0.2) is 51.4 Å². The molecule has 2 aromatic carbocycles. The van der Waals surface area contributed by atoms with Crippen molar-refractivity contribution in [3.8, 4) is 0 Å². The van der Waals surface area contributed by atoms with Gasteiger partial charge in [-0.05, 0) is 49.2 Å². The van der Waals surface area contributed by atoms with Crippen LogP contribution in [0.25, 0.3) is 0 Å². The zero-order chi connectivity index (χ0) is 21.2. The van der Waals surface area contributed by atoms with Crippen LogP contribution in [0, 0.1) is 13.8 Å². The van der Waals surface area contributed by atoms with Gasteiger partial charge in [0, 0.05) is 0 Å². The van der Waals surface area contributed by atoms with Crippen LogP contribution in [0.3, 0.4) is 0 Å². The molecule has 1 heterocycles. The third kappa shape index (κ3) is 5.10. The highest BCUT2D eigenvalue weighted by Crippen LogP contribution is 2.29. The predicted molar refractivity (Wildman–Crippen MR) is 115 cm³/mol. The maximum Gasteiger partial charge on any atom is 0.279 e. The van der Waals surface area contributed by atoms with Gasteiger partial charge in [0.1, 0.15) is 0 Å². The van der Waals surface area contributed by atoms with Gasteiger partial charge in [0.15, 0.2) is 6.54 Å². The second kappa shape index (κ2) is 9.02. The van der Waals surface area contributed by atoms with Gasteiger partial charge in [0.25, 0.3) is 5.91 Å². The summed E-state index contributed by atoms with van der Waals surface area (Å²) in [7, 11) is -3.53. The molecule has 0 atom stereocenters. The van der Waals surface area contributed by atoms with Gasteiger partial charge in [-0.15, -0.1) is 0 Å². The fraction of sp³-hybridized carbons (Fsp3) is 0.350. The molecular weight excluding hydrogens is 433 g/mol. The molecule has 1 fully saturated rings. The van der Waals surface area contributed by atoms with E-state index in [0.717, 1.165) is 16.0 Å². The number of halogens is 2. The van der Waals surface area contributed by atoms with E-state index in [1.165, 1.54) is 4.31 Å². The highest BCUT2D eigenvalue weighted by molar-refractivity contribution is 7.89. The molecule has 0 spiro atoms. The van der Waals surface area contributed by atoms with E-state index in [0.29, 0.717) is 46.8 Å². The number of nitrogens with zero attached hydrogens (tertiary/aromatic N) is 1. The highest BCUT2D eigenvalue weighted by atomic mass is 35.5. The number of hydrogen-bond donors (Lipinski definition) is 2. The summed E-state index contributed by atoms with van der Waals surface area (Å²) < 4.78 is 27.3. The summed E-state index contributed by atoms with van der Waals surface area (Å²) in [5.41, 5.74) is 2.41. The van der Waals surface area contributed by atoms with Crippen molar-refractivity contribution in [2.45, 2.75) is 18.7 Å². The van der Waals surface area contributed by atoms with Crippen molar-refractivity contribution in [2.75, 3.05) is 38.0 Å². The third-order valence-corrected chi connectivity index (χ3v) is 7.71. The first-order valence-corrected chi connectivity index (χ1v) is 11.5. The second-order valence-corrected chi connectivity index (χ2v) is 9.97. The van der Waals surface area contributed by atoms with Crippen molar-refractivity contribution in [3.05, 3.63) is 57.6 Å². The Kier molecular flexibility index (Phi) is 6.86. The molecule has 0 aliphatic carbocycles. The lowest BCUT2D eigenvalue weighted by molar-refractivity contribution is -0.895. The Morgan fingerprint density at radius 2 is 1.69 bits per heavy atom. The van der Waals surface area contributed by atoms with Crippen LogP contribution in [0.5, 0.6) is 0 Å². The average molecular weight is 457 g/mol. The Morgan fingerprint density at radius 1 is 1.07 bits per heavy atom. The summed E-state index contributed by atoms with van der Waals surface area (Å²) in [5, 5.41) is 3.51. The molecule has 29 heavy (non-hydrogen) atoms. The number of amides is 1. The molecule has 1 aliphatic rings. The van der Waals surface area contributed by atoms with E-state index < -0.39 is 10.0 Å². The first-order chi connectivity index (χ1) is 13.7. The van der Waals surface area contributed by atoms with Crippen molar-refractivity contribution in [1.29, 1.82) is 0 Å². The van der Waals surface area contributed by atoms with Gasteiger partial charge < -0.3 is 10.2 Å². The number of benzene rings is 2. The standard InChI is InChI=1S/C20H23Cl2N3O3S/c1-14-6-7-16(12-15(14)2)29(27,28)25-10-8-24(9-11-25)13-19(26)23-20-17(21)4-3-5-18(20)22/h3-7,12H,8-11,13H2,1-2H3,(H,23,26)/p+1. The van der Waals surface area contributed by atoms with Gasteiger partial charge in [-0.25, -0.2) is 8.42 Å². The van der Waals surface area contributed by atoms with Crippen LogP contribution < -0.4 is 10.2 Å². The quantitative estimate of drug-likeness (QED) is 0.723. The number of carbonyl (C=O) groups is 1. The lowest BCUT2D eigenvalue weighted by Crippen LogP contribution is -3.15. The normalized spacial score (nSPS) is 16.0. The molecule has 1 aliphatic heterocycles. The molecule has 0 saturated carbocycles. The number of piperazine rings is 1.